The molecule has 2 aromatic carbocycles. The van der Waals surface area contributed by atoms with Crippen LogP contribution in [0.25, 0.3) is 0 Å². The highest BCUT2D eigenvalue weighted by Crippen LogP contribution is 2.29. The van der Waals surface area contributed by atoms with Gasteiger partial charge in [-0.1, -0.05) is 11.6 Å². The minimum Gasteiger partial charge on any atom is -0.497 e. The van der Waals surface area contributed by atoms with E-state index in [1.54, 1.807) is 26.4 Å². The highest BCUT2D eigenvalue weighted by molar-refractivity contribution is 7.80. The first-order valence-electron chi connectivity index (χ1n) is 7.08. The van der Waals surface area contributed by atoms with Gasteiger partial charge in [0.25, 0.3) is 0 Å². The lowest BCUT2D eigenvalue weighted by molar-refractivity contribution is 0.395. The molecular weight excluding hydrogens is 332 g/mol. The first-order chi connectivity index (χ1) is 11.0. The Morgan fingerprint density at radius 2 is 1.78 bits per heavy atom. The van der Waals surface area contributed by atoms with Crippen LogP contribution in [-0.2, 0) is 0 Å². The van der Waals surface area contributed by atoms with Crippen molar-refractivity contribution in [2.45, 2.75) is 13.0 Å². The van der Waals surface area contributed by atoms with E-state index in [0.717, 1.165) is 22.7 Å². The summed E-state index contributed by atoms with van der Waals surface area (Å²) in [5.74, 6) is 1.55. The van der Waals surface area contributed by atoms with Gasteiger partial charge in [0.15, 0.2) is 5.11 Å². The normalized spacial score (nSPS) is 11.5. The first kappa shape index (κ1) is 17.4. The minimum atomic E-state index is -0.0487. The molecule has 0 bridgehead atoms. The summed E-state index contributed by atoms with van der Waals surface area (Å²) in [4.78, 5) is 0. The standard InChI is InChI=1S/C17H19ClN2O2S/c1-11(15-10-14(21-2)8-9-16(15)22-3)19-17(23)20-13-6-4-12(18)5-7-13/h4-11H,1-3H3,(H2,19,20,23). The molecule has 1 atom stereocenters. The molecule has 0 amide bonds. The van der Waals surface area contributed by atoms with Crippen molar-refractivity contribution in [3.8, 4) is 11.5 Å². The van der Waals surface area contributed by atoms with Crippen molar-refractivity contribution in [1.29, 1.82) is 0 Å². The molecule has 0 spiro atoms. The fourth-order valence-corrected chi connectivity index (χ4v) is 2.57. The van der Waals surface area contributed by atoms with Crippen LogP contribution in [0.15, 0.2) is 42.5 Å². The second kappa shape index (κ2) is 8.04. The van der Waals surface area contributed by atoms with E-state index < -0.39 is 0 Å². The van der Waals surface area contributed by atoms with Gasteiger partial charge in [-0.15, -0.1) is 0 Å². The molecule has 0 heterocycles. The van der Waals surface area contributed by atoms with Crippen LogP contribution in [0.1, 0.15) is 18.5 Å². The topological polar surface area (TPSA) is 42.5 Å². The molecule has 0 aliphatic heterocycles. The lowest BCUT2D eigenvalue weighted by Crippen LogP contribution is -2.31. The van der Waals surface area contributed by atoms with Crippen LogP contribution in [0.4, 0.5) is 5.69 Å². The van der Waals surface area contributed by atoms with E-state index in [4.69, 9.17) is 33.3 Å². The van der Waals surface area contributed by atoms with Gasteiger partial charge in [-0.2, -0.15) is 0 Å². The number of nitrogens with one attached hydrogen (secondary N) is 2. The average molecular weight is 351 g/mol. The quantitative estimate of drug-likeness (QED) is 0.782. The predicted octanol–water partition coefficient (Wildman–Crippen LogP) is 4.40. The highest BCUT2D eigenvalue weighted by atomic mass is 35.5. The molecule has 2 rings (SSSR count). The van der Waals surface area contributed by atoms with Crippen LogP contribution in [0.2, 0.25) is 5.02 Å². The summed E-state index contributed by atoms with van der Waals surface area (Å²) in [6.07, 6.45) is 0. The van der Waals surface area contributed by atoms with E-state index in [2.05, 4.69) is 10.6 Å². The third-order valence-corrected chi connectivity index (χ3v) is 3.82. The van der Waals surface area contributed by atoms with E-state index in [1.165, 1.54) is 0 Å². The van der Waals surface area contributed by atoms with Gasteiger partial charge >= 0.3 is 0 Å². The van der Waals surface area contributed by atoms with Gasteiger partial charge in [-0.25, -0.2) is 0 Å². The van der Waals surface area contributed by atoms with Crippen LogP contribution in [0.5, 0.6) is 11.5 Å². The average Bonchev–Trinajstić information content (AvgIpc) is 2.56. The Kier molecular flexibility index (Phi) is 6.07. The predicted molar refractivity (Wildman–Crippen MR) is 98.8 cm³/mol. The third kappa shape index (κ3) is 4.74. The van der Waals surface area contributed by atoms with E-state index in [-0.39, 0.29) is 6.04 Å². The van der Waals surface area contributed by atoms with Crippen LogP contribution < -0.4 is 20.1 Å². The van der Waals surface area contributed by atoms with Gasteiger partial charge in [0, 0.05) is 16.3 Å². The number of methoxy groups -OCH3 is 2. The summed E-state index contributed by atoms with van der Waals surface area (Å²) in [7, 11) is 3.28. The molecule has 122 valence electrons. The van der Waals surface area contributed by atoms with Crippen molar-refractivity contribution in [3.63, 3.8) is 0 Å². The van der Waals surface area contributed by atoms with Crippen molar-refractivity contribution in [1.82, 2.24) is 5.32 Å². The molecule has 4 nitrogen and oxygen atoms in total. The molecule has 0 saturated heterocycles. The van der Waals surface area contributed by atoms with E-state index >= 15 is 0 Å². The zero-order valence-corrected chi connectivity index (χ0v) is 14.8. The fraction of sp³-hybridized carbons (Fsp3) is 0.235. The fourth-order valence-electron chi connectivity index (χ4n) is 2.15. The first-order valence-corrected chi connectivity index (χ1v) is 7.87. The SMILES string of the molecule is COc1ccc(OC)c(C(C)NC(=S)Nc2ccc(Cl)cc2)c1. The number of hydrogen-bond acceptors (Lipinski definition) is 3. The molecule has 0 saturated carbocycles. The number of anilines is 1. The second-order valence-electron chi connectivity index (χ2n) is 4.93. The maximum Gasteiger partial charge on any atom is 0.171 e. The van der Waals surface area contributed by atoms with Crippen molar-refractivity contribution in [2.75, 3.05) is 19.5 Å². The lowest BCUT2D eigenvalue weighted by Gasteiger charge is -2.20. The maximum absolute atomic E-state index is 5.87. The second-order valence-corrected chi connectivity index (χ2v) is 5.78. The molecule has 2 N–H and O–H groups in total. The molecule has 0 aliphatic carbocycles. The van der Waals surface area contributed by atoms with Gasteiger partial charge in [0.1, 0.15) is 11.5 Å². The van der Waals surface area contributed by atoms with Crippen molar-refractivity contribution >= 4 is 34.6 Å². The van der Waals surface area contributed by atoms with Gasteiger partial charge in [-0.3, -0.25) is 0 Å². The Bertz CT molecular complexity index is 677. The van der Waals surface area contributed by atoms with Crippen LogP contribution >= 0.6 is 23.8 Å². The molecule has 0 aromatic heterocycles. The Hall–Kier alpha value is -1.98. The van der Waals surface area contributed by atoms with Gasteiger partial charge in [0.2, 0.25) is 0 Å². The molecule has 6 heteroatoms. The largest absolute Gasteiger partial charge is 0.497 e. The lowest BCUT2D eigenvalue weighted by atomic mass is 10.1. The molecule has 23 heavy (non-hydrogen) atoms. The zero-order valence-electron chi connectivity index (χ0n) is 13.2. The zero-order chi connectivity index (χ0) is 16.8. The number of hydrogen-bond donors (Lipinski definition) is 2. The number of benzene rings is 2. The smallest absolute Gasteiger partial charge is 0.171 e. The number of thiocarbonyl (C=S) groups is 1. The van der Waals surface area contributed by atoms with Crippen LogP contribution in [0, 0.1) is 0 Å². The Balaban J connectivity index is 2.07. The number of ether oxygens (including phenoxy) is 2. The summed E-state index contributed by atoms with van der Waals surface area (Å²) in [6, 6.07) is 13.0. The molecule has 0 aliphatic rings. The Morgan fingerprint density at radius 3 is 2.39 bits per heavy atom. The third-order valence-electron chi connectivity index (χ3n) is 3.35. The monoisotopic (exact) mass is 350 g/mol. The summed E-state index contributed by atoms with van der Waals surface area (Å²) < 4.78 is 10.7. The Labute approximate surface area is 146 Å². The Morgan fingerprint density at radius 1 is 1.09 bits per heavy atom. The van der Waals surface area contributed by atoms with Crippen molar-refractivity contribution < 1.29 is 9.47 Å². The van der Waals surface area contributed by atoms with E-state index in [9.17, 15) is 0 Å². The summed E-state index contributed by atoms with van der Waals surface area (Å²) >= 11 is 11.2. The maximum atomic E-state index is 5.87. The molecule has 1 unspecified atom stereocenters. The molecule has 2 aromatic rings. The van der Waals surface area contributed by atoms with Gasteiger partial charge in [-0.05, 0) is 61.6 Å². The summed E-state index contributed by atoms with van der Waals surface area (Å²) in [6.45, 7) is 2.01. The van der Waals surface area contributed by atoms with Gasteiger partial charge < -0.3 is 20.1 Å². The van der Waals surface area contributed by atoms with Crippen molar-refractivity contribution in [2.24, 2.45) is 0 Å². The number of halogens is 1. The van der Waals surface area contributed by atoms with Crippen LogP contribution in [0.3, 0.4) is 0 Å². The molecular formula is C17H19ClN2O2S. The minimum absolute atomic E-state index is 0.0487. The molecule has 0 radical (unpaired) electrons. The highest BCUT2D eigenvalue weighted by Gasteiger charge is 2.14. The van der Waals surface area contributed by atoms with E-state index in [0.29, 0.717) is 10.1 Å². The summed E-state index contributed by atoms with van der Waals surface area (Å²) in [5, 5.41) is 7.56. The molecule has 0 fully saturated rings. The summed E-state index contributed by atoms with van der Waals surface area (Å²) in [5.41, 5.74) is 1.84. The van der Waals surface area contributed by atoms with E-state index in [1.807, 2.05) is 37.3 Å². The van der Waals surface area contributed by atoms with Crippen LogP contribution in [-0.4, -0.2) is 19.3 Å². The van der Waals surface area contributed by atoms with Gasteiger partial charge in [0.05, 0.1) is 20.3 Å². The van der Waals surface area contributed by atoms with Crippen molar-refractivity contribution in [3.05, 3.63) is 53.1 Å². The number of rotatable bonds is 5.